The fourth-order valence-corrected chi connectivity index (χ4v) is 2.42. The van der Waals surface area contributed by atoms with Gasteiger partial charge in [-0.3, -0.25) is 9.59 Å². The second-order valence-electron chi connectivity index (χ2n) is 3.60. The van der Waals surface area contributed by atoms with E-state index in [0.717, 1.165) is 5.56 Å². The standard InChI is InChI=1S/C14H10O2S/c1-3-8-11(7-15)14(17)9(4-2)10-5-6-12(16)13(8)10/h3-7,17H,1-2H2. The second-order valence-corrected chi connectivity index (χ2v) is 4.05. The van der Waals surface area contributed by atoms with E-state index < -0.39 is 0 Å². The Hall–Kier alpha value is -1.87. The molecule has 0 amide bonds. The third-order valence-corrected chi connectivity index (χ3v) is 3.28. The largest absolute Gasteiger partial charge is 0.298 e. The normalized spacial score (nSPS) is 12.4. The van der Waals surface area contributed by atoms with Gasteiger partial charge in [-0.1, -0.05) is 25.3 Å². The summed E-state index contributed by atoms with van der Waals surface area (Å²) in [5.41, 5.74) is 2.90. The Kier molecular flexibility index (Phi) is 2.86. The van der Waals surface area contributed by atoms with E-state index in [-0.39, 0.29) is 5.78 Å². The number of ketones is 1. The maximum atomic E-state index is 11.8. The summed E-state index contributed by atoms with van der Waals surface area (Å²) in [6.45, 7) is 7.34. The van der Waals surface area contributed by atoms with Crippen LogP contribution in [0.15, 0.2) is 24.1 Å². The van der Waals surface area contributed by atoms with Crippen LogP contribution in [0.3, 0.4) is 0 Å². The minimum Gasteiger partial charge on any atom is -0.298 e. The molecule has 0 bridgehead atoms. The van der Waals surface area contributed by atoms with Crippen LogP contribution in [0.1, 0.15) is 37.4 Å². The number of carbonyl (C=O) groups excluding carboxylic acids is 2. The van der Waals surface area contributed by atoms with Crippen LogP contribution in [-0.4, -0.2) is 12.1 Å². The predicted octanol–water partition coefficient (Wildman–Crippen LogP) is 3.28. The first-order chi connectivity index (χ1) is 8.15. The molecule has 84 valence electrons. The molecule has 17 heavy (non-hydrogen) atoms. The molecule has 0 heterocycles. The van der Waals surface area contributed by atoms with Crippen molar-refractivity contribution in [1.82, 2.24) is 0 Å². The predicted molar refractivity (Wildman–Crippen MR) is 72.6 cm³/mol. The van der Waals surface area contributed by atoms with Crippen LogP contribution in [0.5, 0.6) is 0 Å². The summed E-state index contributed by atoms with van der Waals surface area (Å²) in [7, 11) is 0. The summed E-state index contributed by atoms with van der Waals surface area (Å²) >= 11 is 4.33. The highest BCUT2D eigenvalue weighted by Gasteiger charge is 2.24. The summed E-state index contributed by atoms with van der Waals surface area (Å²) in [6, 6.07) is 0. The second kappa shape index (κ2) is 4.18. The van der Waals surface area contributed by atoms with Crippen molar-refractivity contribution in [2.75, 3.05) is 0 Å². The SMILES string of the molecule is C=Cc1c(S)c(C=O)c(C=C)c2c1C=CC2=O. The first kappa shape index (κ1) is 11.6. The number of benzene rings is 1. The van der Waals surface area contributed by atoms with Gasteiger partial charge in [0, 0.05) is 16.0 Å². The molecule has 0 N–H and O–H groups in total. The molecule has 0 atom stereocenters. The van der Waals surface area contributed by atoms with Crippen molar-refractivity contribution in [2.45, 2.75) is 4.90 Å². The molecule has 0 radical (unpaired) electrons. The first-order valence-electron chi connectivity index (χ1n) is 5.01. The fourth-order valence-electron chi connectivity index (χ4n) is 2.03. The molecule has 0 aromatic heterocycles. The van der Waals surface area contributed by atoms with E-state index in [1.165, 1.54) is 12.2 Å². The molecule has 0 aliphatic heterocycles. The minimum absolute atomic E-state index is 0.116. The van der Waals surface area contributed by atoms with Gasteiger partial charge in [0.05, 0.1) is 0 Å². The zero-order valence-corrected chi connectivity index (χ0v) is 9.96. The third-order valence-electron chi connectivity index (χ3n) is 2.80. The summed E-state index contributed by atoms with van der Waals surface area (Å²) < 4.78 is 0. The lowest BCUT2D eigenvalue weighted by molar-refractivity contribution is 0.105. The average molecular weight is 242 g/mol. The van der Waals surface area contributed by atoms with E-state index in [1.807, 2.05) is 0 Å². The van der Waals surface area contributed by atoms with Crippen molar-refractivity contribution >= 4 is 42.9 Å². The topological polar surface area (TPSA) is 34.1 Å². The highest BCUT2D eigenvalue weighted by molar-refractivity contribution is 7.80. The Balaban J connectivity index is 2.99. The van der Waals surface area contributed by atoms with E-state index in [0.29, 0.717) is 33.4 Å². The quantitative estimate of drug-likeness (QED) is 0.652. The summed E-state index contributed by atoms with van der Waals surface area (Å²) in [4.78, 5) is 23.4. The van der Waals surface area contributed by atoms with Crippen molar-refractivity contribution in [3.05, 3.63) is 47.1 Å². The van der Waals surface area contributed by atoms with Gasteiger partial charge in [-0.2, -0.15) is 0 Å². The number of rotatable bonds is 3. The Bertz CT molecular complexity index is 595. The Morgan fingerprint density at radius 2 is 1.71 bits per heavy atom. The maximum Gasteiger partial charge on any atom is 0.187 e. The summed E-state index contributed by atoms with van der Waals surface area (Å²) in [5, 5.41) is 0. The summed E-state index contributed by atoms with van der Waals surface area (Å²) in [5.74, 6) is -0.116. The van der Waals surface area contributed by atoms with Crippen LogP contribution < -0.4 is 0 Å². The average Bonchev–Trinajstić information content (AvgIpc) is 2.70. The van der Waals surface area contributed by atoms with Gasteiger partial charge < -0.3 is 0 Å². The van der Waals surface area contributed by atoms with Crippen molar-refractivity contribution in [3.63, 3.8) is 0 Å². The third kappa shape index (κ3) is 1.51. The molecule has 1 aromatic carbocycles. The molecule has 2 rings (SSSR count). The molecule has 2 nitrogen and oxygen atoms in total. The summed E-state index contributed by atoms with van der Waals surface area (Å²) in [6.07, 6.45) is 7.00. The molecular formula is C14H10O2S. The van der Waals surface area contributed by atoms with E-state index in [9.17, 15) is 9.59 Å². The molecule has 0 saturated heterocycles. The van der Waals surface area contributed by atoms with E-state index in [4.69, 9.17) is 0 Å². The van der Waals surface area contributed by atoms with Crippen molar-refractivity contribution in [3.8, 4) is 0 Å². The smallest absolute Gasteiger partial charge is 0.187 e. The van der Waals surface area contributed by atoms with Gasteiger partial charge in [0.15, 0.2) is 12.1 Å². The van der Waals surface area contributed by atoms with Crippen molar-refractivity contribution < 1.29 is 9.59 Å². The molecule has 0 saturated carbocycles. The fraction of sp³-hybridized carbons (Fsp3) is 0. The molecule has 1 aliphatic carbocycles. The monoisotopic (exact) mass is 242 g/mol. The number of fused-ring (bicyclic) bond motifs is 1. The highest BCUT2D eigenvalue weighted by Crippen LogP contribution is 2.35. The number of aldehydes is 1. The number of hydrogen-bond donors (Lipinski definition) is 1. The zero-order chi connectivity index (χ0) is 12.6. The number of allylic oxidation sites excluding steroid dienone is 1. The molecule has 1 aliphatic rings. The Morgan fingerprint density at radius 3 is 2.24 bits per heavy atom. The molecule has 0 unspecified atom stereocenters. The van der Waals surface area contributed by atoms with Crippen LogP contribution in [0.25, 0.3) is 18.2 Å². The van der Waals surface area contributed by atoms with Crippen LogP contribution in [-0.2, 0) is 0 Å². The lowest BCUT2D eigenvalue weighted by Gasteiger charge is -2.13. The molecule has 0 fully saturated rings. The highest BCUT2D eigenvalue weighted by atomic mass is 32.1. The molecule has 0 spiro atoms. The van der Waals surface area contributed by atoms with Gasteiger partial charge >= 0.3 is 0 Å². The minimum atomic E-state index is -0.116. The van der Waals surface area contributed by atoms with Crippen LogP contribution in [0, 0.1) is 0 Å². The number of hydrogen-bond acceptors (Lipinski definition) is 3. The van der Waals surface area contributed by atoms with Crippen LogP contribution >= 0.6 is 12.6 Å². The first-order valence-corrected chi connectivity index (χ1v) is 5.45. The van der Waals surface area contributed by atoms with Crippen LogP contribution in [0.4, 0.5) is 0 Å². The Labute approximate surface area is 105 Å². The van der Waals surface area contributed by atoms with Crippen LogP contribution in [0.2, 0.25) is 0 Å². The number of carbonyl (C=O) groups is 2. The van der Waals surface area contributed by atoms with Gasteiger partial charge in [-0.25, -0.2) is 0 Å². The van der Waals surface area contributed by atoms with E-state index >= 15 is 0 Å². The van der Waals surface area contributed by atoms with Crippen molar-refractivity contribution in [1.29, 1.82) is 0 Å². The molecular weight excluding hydrogens is 232 g/mol. The van der Waals surface area contributed by atoms with Crippen molar-refractivity contribution in [2.24, 2.45) is 0 Å². The maximum absolute atomic E-state index is 11.8. The van der Waals surface area contributed by atoms with Gasteiger partial charge in [0.1, 0.15) is 0 Å². The lowest BCUT2D eigenvalue weighted by Crippen LogP contribution is -2.04. The zero-order valence-electron chi connectivity index (χ0n) is 9.06. The van der Waals surface area contributed by atoms with Gasteiger partial charge in [0.25, 0.3) is 0 Å². The van der Waals surface area contributed by atoms with Gasteiger partial charge in [-0.05, 0) is 28.8 Å². The Morgan fingerprint density at radius 1 is 1.06 bits per heavy atom. The molecule has 1 aromatic rings. The number of thiol groups is 1. The van der Waals surface area contributed by atoms with E-state index in [1.54, 1.807) is 12.2 Å². The van der Waals surface area contributed by atoms with E-state index in [2.05, 4.69) is 25.8 Å². The van der Waals surface area contributed by atoms with Gasteiger partial charge in [0.2, 0.25) is 0 Å². The van der Waals surface area contributed by atoms with Gasteiger partial charge in [-0.15, -0.1) is 12.6 Å². The lowest BCUT2D eigenvalue weighted by atomic mass is 9.92. The molecule has 3 heteroatoms.